The van der Waals surface area contributed by atoms with Gasteiger partial charge in [-0.05, 0) is 41.0 Å². The van der Waals surface area contributed by atoms with Crippen LogP contribution >= 0.6 is 0 Å². The smallest absolute Gasteiger partial charge is 0.300 e. The maximum atomic E-state index is 9.00. The molecular weight excluding hydrogens is 486 g/mol. The molecule has 0 aliphatic carbocycles. The fourth-order valence-corrected chi connectivity index (χ4v) is 4.69. The van der Waals surface area contributed by atoms with Crippen molar-refractivity contribution in [2.45, 2.75) is 156 Å². The van der Waals surface area contributed by atoms with E-state index in [0.29, 0.717) is 33.0 Å². The Bertz CT molecular complexity index is 503. The van der Waals surface area contributed by atoms with E-state index in [1.165, 1.54) is 70.6 Å². The molecule has 0 aromatic heterocycles. The summed E-state index contributed by atoms with van der Waals surface area (Å²) in [6.45, 7) is 15.1. The highest BCUT2D eigenvalue weighted by Crippen LogP contribution is 2.36. The summed E-state index contributed by atoms with van der Waals surface area (Å²) in [6.07, 6.45) is 17.6. The summed E-state index contributed by atoms with van der Waals surface area (Å²) in [7, 11) is 0. The summed E-state index contributed by atoms with van der Waals surface area (Å²) in [6, 6.07) is 0. The molecule has 3 N–H and O–H groups in total. The van der Waals surface area contributed by atoms with Crippen molar-refractivity contribution in [3.8, 4) is 0 Å². The van der Waals surface area contributed by atoms with Crippen molar-refractivity contribution in [3.63, 3.8) is 0 Å². The highest BCUT2D eigenvalue weighted by Gasteiger charge is 2.59. The van der Waals surface area contributed by atoms with E-state index in [1.807, 2.05) is 34.6 Å². The number of unbranched alkanes of at least 4 members (excludes halogenated alkanes) is 12. The molecule has 0 heterocycles. The molecule has 0 bridgehead atoms. The minimum Gasteiger partial charge on any atom is -0.481 e. The highest BCUT2D eigenvalue weighted by molar-refractivity contribution is 5.62. The highest BCUT2D eigenvalue weighted by atomic mass is 16.8. The Morgan fingerprint density at radius 2 is 0.974 bits per heavy atom. The Balaban J connectivity index is 0. The Morgan fingerprint density at radius 1 is 0.632 bits per heavy atom. The lowest BCUT2D eigenvalue weighted by atomic mass is 9.97. The lowest BCUT2D eigenvalue weighted by Gasteiger charge is -2.49. The first-order chi connectivity index (χ1) is 18.2. The molecule has 0 radical (unpaired) electrons. The second-order valence-electron chi connectivity index (χ2n) is 9.56. The van der Waals surface area contributed by atoms with Gasteiger partial charge < -0.3 is 28.8 Å². The van der Waals surface area contributed by atoms with E-state index in [2.05, 4.69) is 6.92 Å². The third kappa shape index (κ3) is 17.7. The van der Waals surface area contributed by atoms with Gasteiger partial charge in [-0.15, -0.1) is 0 Å². The minimum atomic E-state index is -1.54. The number of carboxylic acid groups (broad SMARTS) is 1. The van der Waals surface area contributed by atoms with Crippen LogP contribution in [-0.4, -0.2) is 61.9 Å². The molecule has 38 heavy (non-hydrogen) atoms. The zero-order chi connectivity index (χ0) is 29.1. The first-order valence-electron chi connectivity index (χ1n) is 15.4. The number of ether oxygens (including phenoxy) is 5. The van der Waals surface area contributed by atoms with Crippen LogP contribution in [0, 0.1) is 0 Å². The number of nitrogens with two attached hydrogens (primary N) is 1. The van der Waals surface area contributed by atoms with E-state index in [-0.39, 0.29) is 6.10 Å². The van der Waals surface area contributed by atoms with E-state index < -0.39 is 17.7 Å². The molecule has 0 amide bonds. The van der Waals surface area contributed by atoms with Gasteiger partial charge in [0.05, 0.1) is 0 Å². The Kier molecular flexibility index (Phi) is 27.4. The largest absolute Gasteiger partial charge is 0.481 e. The fourth-order valence-electron chi connectivity index (χ4n) is 4.69. The van der Waals surface area contributed by atoms with Gasteiger partial charge in [0.25, 0.3) is 17.7 Å². The number of carboxylic acids is 1. The van der Waals surface area contributed by atoms with Gasteiger partial charge in [-0.3, -0.25) is 10.5 Å². The second-order valence-corrected chi connectivity index (χ2v) is 9.56. The van der Waals surface area contributed by atoms with Crippen LogP contribution in [0.5, 0.6) is 0 Å². The molecule has 0 aromatic rings. The summed E-state index contributed by atoms with van der Waals surface area (Å²) < 4.78 is 30.4. The normalized spacial score (nSPS) is 12.7. The number of carbonyl (C=O) groups is 1. The molecule has 1 unspecified atom stereocenters. The molecule has 1 atom stereocenters. The van der Waals surface area contributed by atoms with Crippen molar-refractivity contribution in [1.82, 2.24) is 0 Å². The van der Waals surface area contributed by atoms with Crippen molar-refractivity contribution in [2.24, 2.45) is 5.73 Å². The standard InChI is InChI=1S/C28H59NO5.C2H4O2/c1-7-13-14-15-16-17-18-19-20-21-22-23-24-25-26(30-8-2)27(31-9-3,32-10-4)28(29,33-11-5)34-12-6;1-2(3)4/h26H,7-25,29H2,1-6H3;1H3,(H,3,4). The molecule has 0 aromatic carbocycles. The third-order valence-corrected chi connectivity index (χ3v) is 6.28. The minimum absolute atomic E-state index is 0.381. The summed E-state index contributed by atoms with van der Waals surface area (Å²) >= 11 is 0. The van der Waals surface area contributed by atoms with Crippen molar-refractivity contribution < 1.29 is 33.6 Å². The van der Waals surface area contributed by atoms with E-state index in [1.54, 1.807) is 0 Å². The van der Waals surface area contributed by atoms with Crippen LogP contribution in [0.25, 0.3) is 0 Å². The van der Waals surface area contributed by atoms with Gasteiger partial charge in [0.15, 0.2) is 0 Å². The Hall–Kier alpha value is -0.770. The lowest BCUT2D eigenvalue weighted by Crippen LogP contribution is -2.72. The van der Waals surface area contributed by atoms with Crippen LogP contribution in [-0.2, 0) is 28.5 Å². The maximum absolute atomic E-state index is 9.00. The summed E-state index contributed by atoms with van der Waals surface area (Å²) in [5.41, 5.74) is 6.67. The van der Waals surface area contributed by atoms with Gasteiger partial charge in [-0.1, -0.05) is 90.4 Å². The van der Waals surface area contributed by atoms with Crippen molar-refractivity contribution in [2.75, 3.05) is 33.0 Å². The first-order valence-corrected chi connectivity index (χ1v) is 15.4. The number of aliphatic carboxylic acids is 1. The molecule has 8 nitrogen and oxygen atoms in total. The van der Waals surface area contributed by atoms with Crippen molar-refractivity contribution in [3.05, 3.63) is 0 Å². The lowest BCUT2D eigenvalue weighted by molar-refractivity contribution is -0.432. The third-order valence-electron chi connectivity index (χ3n) is 6.28. The van der Waals surface area contributed by atoms with Crippen LogP contribution < -0.4 is 5.73 Å². The molecule has 0 aliphatic heterocycles. The van der Waals surface area contributed by atoms with Gasteiger partial charge in [0, 0.05) is 40.0 Å². The average Bonchev–Trinajstić information content (AvgIpc) is 2.86. The molecule has 0 aliphatic rings. The molecule has 0 saturated heterocycles. The maximum Gasteiger partial charge on any atom is 0.300 e. The predicted octanol–water partition coefficient (Wildman–Crippen LogP) is 7.42. The van der Waals surface area contributed by atoms with Gasteiger partial charge in [-0.25, -0.2) is 0 Å². The molecular formula is C30H63NO7. The van der Waals surface area contributed by atoms with Gasteiger partial charge >= 0.3 is 0 Å². The predicted molar refractivity (Wildman–Crippen MR) is 155 cm³/mol. The van der Waals surface area contributed by atoms with E-state index >= 15 is 0 Å². The van der Waals surface area contributed by atoms with Crippen molar-refractivity contribution in [1.29, 1.82) is 0 Å². The Morgan fingerprint density at radius 3 is 1.29 bits per heavy atom. The monoisotopic (exact) mass is 549 g/mol. The van der Waals surface area contributed by atoms with Gasteiger partial charge in [0.1, 0.15) is 6.10 Å². The molecule has 0 fully saturated rings. The zero-order valence-corrected chi connectivity index (χ0v) is 26.0. The molecule has 0 spiro atoms. The Labute approximate surface area is 234 Å². The van der Waals surface area contributed by atoms with Crippen molar-refractivity contribution >= 4 is 5.97 Å². The van der Waals surface area contributed by atoms with Gasteiger partial charge in [0.2, 0.25) is 0 Å². The zero-order valence-electron chi connectivity index (χ0n) is 26.0. The van der Waals surface area contributed by atoms with Gasteiger partial charge in [-0.2, -0.15) is 0 Å². The topological polar surface area (TPSA) is 109 Å². The van der Waals surface area contributed by atoms with Crippen LogP contribution in [0.1, 0.15) is 138 Å². The fraction of sp³-hybridized carbons (Fsp3) is 0.967. The molecule has 0 rings (SSSR count). The quantitative estimate of drug-likeness (QED) is 0.0847. The number of hydrogen-bond acceptors (Lipinski definition) is 7. The van der Waals surface area contributed by atoms with Crippen LogP contribution in [0.15, 0.2) is 0 Å². The van der Waals surface area contributed by atoms with E-state index in [0.717, 1.165) is 26.2 Å². The SMILES string of the molecule is CC(=O)O.CCCCCCCCCCCCCCCC(OCC)C(OCC)(OCC)C(N)(OCC)OCC. The first kappa shape index (κ1) is 39.4. The summed E-state index contributed by atoms with van der Waals surface area (Å²) in [5.74, 6) is -3.70. The molecule has 0 saturated carbocycles. The molecule has 8 heteroatoms. The van der Waals surface area contributed by atoms with Crippen LogP contribution in [0.2, 0.25) is 0 Å². The number of hydrogen-bond donors (Lipinski definition) is 2. The average molecular weight is 550 g/mol. The second kappa shape index (κ2) is 26.5. The number of rotatable bonds is 26. The van der Waals surface area contributed by atoms with E-state index in [9.17, 15) is 0 Å². The molecule has 230 valence electrons. The van der Waals surface area contributed by atoms with E-state index in [4.69, 9.17) is 39.3 Å². The summed E-state index contributed by atoms with van der Waals surface area (Å²) in [5, 5.41) is 7.42. The van der Waals surface area contributed by atoms with Crippen LogP contribution in [0.4, 0.5) is 0 Å². The summed E-state index contributed by atoms with van der Waals surface area (Å²) in [4.78, 5) is 9.00. The van der Waals surface area contributed by atoms with Crippen LogP contribution in [0.3, 0.4) is 0 Å².